The third kappa shape index (κ3) is 135. The summed E-state index contributed by atoms with van der Waals surface area (Å²) in [5.41, 5.74) is 0. The van der Waals surface area contributed by atoms with Gasteiger partial charge in [-0.25, -0.2) is 0 Å². The molecule has 0 bridgehead atoms. The van der Waals surface area contributed by atoms with Crippen molar-refractivity contribution < 1.29 is 0 Å². The topological polar surface area (TPSA) is 0 Å². The van der Waals surface area contributed by atoms with Crippen LogP contribution in [0, 0.1) is 5.92 Å². The normalized spacial score (nSPS) is 7.27. The lowest BCUT2D eigenvalue weighted by molar-refractivity contribution is 0.576. The van der Waals surface area contributed by atoms with Crippen molar-refractivity contribution >= 4 is 0 Å². The molecule has 0 spiro atoms. The Labute approximate surface area is 100 Å². The summed E-state index contributed by atoms with van der Waals surface area (Å²) in [7, 11) is 0. The van der Waals surface area contributed by atoms with Crippen molar-refractivity contribution in [1.29, 1.82) is 0 Å². The van der Waals surface area contributed by atoms with Crippen molar-refractivity contribution in [2.24, 2.45) is 5.92 Å². The first-order valence-corrected chi connectivity index (χ1v) is 6.67. The monoisotopic (exact) mass is 216 g/mol. The number of rotatable bonds is 3. The lowest BCUT2D eigenvalue weighted by atomic mass is 10.1. The molecule has 0 rings (SSSR count). The summed E-state index contributed by atoms with van der Waals surface area (Å²) in [6.45, 7) is 20.3. The van der Waals surface area contributed by atoms with Gasteiger partial charge in [-0.15, -0.1) is 6.58 Å². The molecule has 0 radical (unpaired) electrons. The van der Waals surface area contributed by atoms with E-state index in [1.807, 2.05) is 20.8 Å². The van der Waals surface area contributed by atoms with Crippen molar-refractivity contribution in [3.8, 4) is 0 Å². The number of hydrogen-bond donors (Lipinski definition) is 0. The van der Waals surface area contributed by atoms with Crippen molar-refractivity contribution in [2.45, 2.75) is 81.1 Å². The minimum Gasteiger partial charge on any atom is -0.103 e. The lowest BCUT2D eigenvalue weighted by Gasteiger charge is -1.95. The van der Waals surface area contributed by atoms with Crippen LogP contribution in [0.15, 0.2) is 12.7 Å². The Balaban J connectivity index is -0.0000000590. The van der Waals surface area contributed by atoms with Crippen LogP contribution in [0.1, 0.15) is 81.1 Å². The van der Waals surface area contributed by atoms with Crippen molar-refractivity contribution in [1.82, 2.24) is 0 Å². The fraction of sp³-hybridized carbons (Fsp3) is 0.867. The molecule has 0 fully saturated rings. The predicted octanol–water partition coefficient (Wildman–Crippen LogP) is 6.47. The molecule has 96 valence electrons. The molecule has 0 saturated heterocycles. The Morgan fingerprint density at radius 3 is 1.20 bits per heavy atom. The van der Waals surface area contributed by atoms with E-state index in [1.165, 1.54) is 25.7 Å². The predicted molar refractivity (Wildman–Crippen MR) is 77.5 cm³/mol. The summed E-state index contributed by atoms with van der Waals surface area (Å²) < 4.78 is 0. The molecule has 0 nitrogen and oxygen atoms in total. The zero-order valence-corrected chi connectivity index (χ0v) is 12.7. The largest absolute Gasteiger partial charge is 0.103 e. The van der Waals surface area contributed by atoms with E-state index in [1.54, 1.807) is 6.08 Å². The van der Waals surface area contributed by atoms with Gasteiger partial charge in [0, 0.05) is 0 Å². The molecule has 0 aromatic carbocycles. The molecule has 0 aromatic rings. The first-order valence-electron chi connectivity index (χ1n) is 6.67. The summed E-state index contributed by atoms with van der Waals surface area (Å²) in [5.74, 6) is 0.898. The van der Waals surface area contributed by atoms with Gasteiger partial charge in [0.1, 0.15) is 0 Å². The van der Waals surface area contributed by atoms with Crippen molar-refractivity contribution in [3.63, 3.8) is 0 Å². The molecule has 0 N–H and O–H groups in total. The van der Waals surface area contributed by atoms with Crippen LogP contribution in [0.2, 0.25) is 0 Å². The van der Waals surface area contributed by atoms with Gasteiger partial charge in [0.05, 0.1) is 0 Å². The molecule has 0 atom stereocenters. The average molecular weight is 216 g/mol. The molecule has 0 aliphatic heterocycles. The third-order valence-corrected chi connectivity index (χ3v) is 1.37. The molecule has 0 aliphatic rings. The maximum absolute atomic E-state index is 3.36. The SMILES string of the molecule is C=CC.CC.CCCC.CCCC(C)C. The van der Waals surface area contributed by atoms with E-state index in [9.17, 15) is 0 Å². The molecule has 0 heteroatoms. The van der Waals surface area contributed by atoms with E-state index in [-0.39, 0.29) is 0 Å². The highest BCUT2D eigenvalue weighted by atomic mass is 13.9. The number of allylic oxidation sites excluding steroid dienone is 1. The van der Waals surface area contributed by atoms with Gasteiger partial charge in [-0.05, 0) is 12.8 Å². The minimum absolute atomic E-state index is 0.898. The minimum atomic E-state index is 0.898. The van der Waals surface area contributed by atoms with E-state index in [4.69, 9.17) is 0 Å². The Hall–Kier alpha value is -0.260. The number of unbranched alkanes of at least 4 members (excludes halogenated alkanes) is 1. The summed E-state index contributed by atoms with van der Waals surface area (Å²) in [4.78, 5) is 0. The molecule has 15 heavy (non-hydrogen) atoms. The highest BCUT2D eigenvalue weighted by Gasteiger charge is 1.85. The van der Waals surface area contributed by atoms with Gasteiger partial charge < -0.3 is 0 Å². The van der Waals surface area contributed by atoms with Crippen LogP contribution in [0.5, 0.6) is 0 Å². The Kier molecular flexibility index (Phi) is 59.9. The summed E-state index contributed by atoms with van der Waals surface area (Å²) >= 11 is 0. The van der Waals surface area contributed by atoms with Gasteiger partial charge in [-0.3, -0.25) is 0 Å². The first kappa shape index (κ1) is 24.1. The van der Waals surface area contributed by atoms with Crippen LogP contribution in [0.4, 0.5) is 0 Å². The highest BCUT2D eigenvalue weighted by molar-refractivity contribution is 4.51. The van der Waals surface area contributed by atoms with E-state index in [0.29, 0.717) is 0 Å². The maximum atomic E-state index is 3.36. The fourth-order valence-corrected chi connectivity index (χ4v) is 0.577. The standard InChI is InChI=1S/C6H14.C4H10.C3H6.C2H6/c1-4-5-6(2)3;1-3-4-2;1-3-2;1-2/h6H,4-5H2,1-3H3;3-4H2,1-2H3;3H,1H2,2H3;1-2H3. The van der Waals surface area contributed by atoms with Gasteiger partial charge in [-0.2, -0.15) is 0 Å². The van der Waals surface area contributed by atoms with Crippen LogP contribution in [0.3, 0.4) is 0 Å². The summed E-state index contributed by atoms with van der Waals surface area (Å²) in [5, 5.41) is 0. The van der Waals surface area contributed by atoms with Crippen LogP contribution in [-0.2, 0) is 0 Å². The highest BCUT2D eigenvalue weighted by Crippen LogP contribution is 2.00. The summed E-state index contributed by atoms with van der Waals surface area (Å²) in [6.07, 6.45) is 7.09. The Bertz CT molecular complexity index is 60.4. The molecular weight excluding hydrogens is 180 g/mol. The van der Waals surface area contributed by atoms with E-state index in [0.717, 1.165) is 5.92 Å². The fourth-order valence-electron chi connectivity index (χ4n) is 0.577. The smallest absolute Gasteiger partial charge is 0.0471 e. The third-order valence-electron chi connectivity index (χ3n) is 1.37. The molecule has 0 amide bonds. The summed E-state index contributed by atoms with van der Waals surface area (Å²) in [6, 6.07) is 0. The van der Waals surface area contributed by atoms with Gasteiger partial charge in [-0.1, -0.05) is 80.2 Å². The van der Waals surface area contributed by atoms with Gasteiger partial charge >= 0.3 is 0 Å². The quantitative estimate of drug-likeness (QED) is 0.474. The zero-order valence-electron chi connectivity index (χ0n) is 12.7. The molecule has 0 aliphatic carbocycles. The van der Waals surface area contributed by atoms with Gasteiger partial charge in [0.15, 0.2) is 0 Å². The van der Waals surface area contributed by atoms with Crippen molar-refractivity contribution in [3.05, 3.63) is 12.7 Å². The van der Waals surface area contributed by atoms with E-state index >= 15 is 0 Å². The van der Waals surface area contributed by atoms with Gasteiger partial charge in [0.2, 0.25) is 0 Å². The van der Waals surface area contributed by atoms with Crippen molar-refractivity contribution in [2.75, 3.05) is 0 Å². The second-order valence-electron chi connectivity index (χ2n) is 3.59. The van der Waals surface area contributed by atoms with Gasteiger partial charge in [0.25, 0.3) is 0 Å². The maximum Gasteiger partial charge on any atom is -0.0471 e. The molecule has 0 heterocycles. The first-order chi connectivity index (χ1) is 7.10. The van der Waals surface area contributed by atoms with E-state index < -0.39 is 0 Å². The number of hydrogen-bond acceptors (Lipinski definition) is 0. The second-order valence-corrected chi connectivity index (χ2v) is 3.59. The Morgan fingerprint density at radius 2 is 1.20 bits per heavy atom. The lowest BCUT2D eigenvalue weighted by Crippen LogP contribution is -1.81. The van der Waals surface area contributed by atoms with Crippen LogP contribution >= 0.6 is 0 Å². The van der Waals surface area contributed by atoms with Crippen LogP contribution in [0.25, 0.3) is 0 Å². The average Bonchev–Trinajstić information content (AvgIpc) is 2.22. The molecule has 0 unspecified atom stereocenters. The van der Waals surface area contributed by atoms with Crippen LogP contribution in [-0.4, -0.2) is 0 Å². The van der Waals surface area contributed by atoms with Crippen LogP contribution < -0.4 is 0 Å². The molecular formula is C15H36. The zero-order chi connectivity index (χ0) is 13.1. The second kappa shape index (κ2) is 37.2. The molecule has 0 aromatic heterocycles. The molecule has 0 saturated carbocycles. The van der Waals surface area contributed by atoms with E-state index in [2.05, 4.69) is 41.2 Å². The Morgan fingerprint density at radius 1 is 0.933 bits per heavy atom.